The summed E-state index contributed by atoms with van der Waals surface area (Å²) in [5.74, 6) is -1.83. The van der Waals surface area contributed by atoms with E-state index < -0.39 is 5.97 Å². The first kappa shape index (κ1) is 11.9. The minimum absolute atomic E-state index is 0.133. The predicted octanol–water partition coefficient (Wildman–Crippen LogP) is 1.53. The summed E-state index contributed by atoms with van der Waals surface area (Å²) in [6, 6.07) is 5.79. The molecule has 1 heterocycles. The van der Waals surface area contributed by atoms with E-state index >= 15 is 0 Å². The second kappa shape index (κ2) is 3.44. The molecule has 5 heteroatoms. The molecule has 2 fully saturated rings. The van der Waals surface area contributed by atoms with Crippen LogP contribution in [-0.2, 0) is 9.59 Å². The number of fused-ring (bicyclic) bond motifs is 1. The number of rotatable bonds is 2. The fraction of sp³-hybridized carbons (Fsp3) is 0.357. The van der Waals surface area contributed by atoms with Crippen molar-refractivity contribution in [3.8, 4) is 0 Å². The van der Waals surface area contributed by atoms with Gasteiger partial charge in [-0.25, -0.2) is 4.79 Å². The van der Waals surface area contributed by atoms with Crippen LogP contribution in [0.3, 0.4) is 0 Å². The number of piperidine rings is 1. The average Bonchev–Trinajstić information content (AvgIpc) is 2.80. The van der Waals surface area contributed by atoms with E-state index in [1.54, 1.807) is 0 Å². The molecule has 3 rings (SSSR count). The number of benzene rings is 1. The molecule has 5 nitrogen and oxygen atoms in total. The summed E-state index contributed by atoms with van der Waals surface area (Å²) in [5.41, 5.74) is 0.349. The molecule has 1 saturated carbocycles. The second-order valence-corrected chi connectivity index (χ2v) is 5.64. The molecular weight excluding hydrogens is 246 g/mol. The molecule has 2 aliphatic rings. The molecule has 19 heavy (non-hydrogen) atoms. The van der Waals surface area contributed by atoms with Crippen molar-refractivity contribution < 1.29 is 19.5 Å². The third-order valence-corrected chi connectivity index (χ3v) is 4.17. The predicted molar refractivity (Wildman–Crippen MR) is 66.7 cm³/mol. The van der Waals surface area contributed by atoms with Gasteiger partial charge in [0.05, 0.1) is 23.1 Å². The number of aromatic carboxylic acids is 1. The number of hydrogen-bond donors (Lipinski definition) is 1. The summed E-state index contributed by atoms with van der Waals surface area (Å²) >= 11 is 0. The van der Waals surface area contributed by atoms with Gasteiger partial charge in [0.15, 0.2) is 0 Å². The maximum atomic E-state index is 12.2. The van der Waals surface area contributed by atoms with Gasteiger partial charge in [-0.1, -0.05) is 13.8 Å². The lowest BCUT2D eigenvalue weighted by Gasteiger charge is -2.20. The van der Waals surface area contributed by atoms with Crippen molar-refractivity contribution in [3.63, 3.8) is 0 Å². The van der Waals surface area contributed by atoms with E-state index in [0.717, 1.165) is 0 Å². The molecule has 0 bridgehead atoms. The van der Waals surface area contributed by atoms with Crippen molar-refractivity contribution in [2.45, 2.75) is 13.8 Å². The molecule has 0 unspecified atom stereocenters. The van der Waals surface area contributed by atoms with E-state index in [2.05, 4.69) is 0 Å². The zero-order valence-electron chi connectivity index (χ0n) is 10.6. The highest BCUT2D eigenvalue weighted by molar-refractivity contribution is 6.25. The first-order chi connectivity index (χ1) is 8.85. The minimum Gasteiger partial charge on any atom is -0.478 e. The number of carboxylic acid groups (broad SMARTS) is 1. The Balaban J connectivity index is 1.91. The van der Waals surface area contributed by atoms with E-state index in [1.807, 2.05) is 13.8 Å². The number of anilines is 1. The smallest absolute Gasteiger partial charge is 0.335 e. The van der Waals surface area contributed by atoms with Crippen molar-refractivity contribution in [2.75, 3.05) is 4.90 Å². The lowest BCUT2D eigenvalue weighted by atomic mass is 10.0. The molecule has 0 aromatic heterocycles. The van der Waals surface area contributed by atoms with Gasteiger partial charge in [0.1, 0.15) is 0 Å². The Labute approximate surface area is 109 Å². The number of hydrogen-bond acceptors (Lipinski definition) is 3. The molecule has 2 amide bonds. The molecule has 1 aliphatic heterocycles. The molecule has 2 atom stereocenters. The lowest BCUT2D eigenvalue weighted by molar-refractivity contribution is -0.125. The zero-order valence-corrected chi connectivity index (χ0v) is 10.6. The van der Waals surface area contributed by atoms with E-state index in [0.29, 0.717) is 5.69 Å². The van der Waals surface area contributed by atoms with Gasteiger partial charge in [0.2, 0.25) is 11.8 Å². The molecule has 1 saturated heterocycles. The molecule has 98 valence electrons. The van der Waals surface area contributed by atoms with Gasteiger partial charge in [0.25, 0.3) is 0 Å². The first-order valence-electron chi connectivity index (χ1n) is 6.07. The van der Waals surface area contributed by atoms with Gasteiger partial charge in [0, 0.05) is 0 Å². The summed E-state index contributed by atoms with van der Waals surface area (Å²) in [4.78, 5) is 36.3. The van der Waals surface area contributed by atoms with Gasteiger partial charge in [-0.3, -0.25) is 14.5 Å². The normalized spacial score (nSPS) is 27.4. The van der Waals surface area contributed by atoms with Crippen LogP contribution in [-0.4, -0.2) is 22.9 Å². The van der Waals surface area contributed by atoms with Crippen LogP contribution >= 0.6 is 0 Å². The molecule has 1 aromatic rings. The maximum Gasteiger partial charge on any atom is 0.335 e. The van der Waals surface area contributed by atoms with Gasteiger partial charge in [-0.15, -0.1) is 0 Å². The number of amides is 2. The van der Waals surface area contributed by atoms with Crippen LogP contribution in [0.5, 0.6) is 0 Å². The lowest BCUT2D eigenvalue weighted by Crippen LogP contribution is -2.36. The van der Waals surface area contributed by atoms with Gasteiger partial charge in [-0.05, 0) is 29.7 Å². The molecule has 1 aromatic carbocycles. The Morgan fingerprint density at radius 3 is 2.00 bits per heavy atom. The largest absolute Gasteiger partial charge is 0.478 e. The number of carbonyl (C=O) groups excluding carboxylic acids is 2. The quantitative estimate of drug-likeness (QED) is 0.817. The molecule has 0 radical (unpaired) electrons. The van der Waals surface area contributed by atoms with Crippen LogP contribution < -0.4 is 4.90 Å². The van der Waals surface area contributed by atoms with Crippen molar-refractivity contribution in [1.29, 1.82) is 0 Å². The van der Waals surface area contributed by atoms with Crippen molar-refractivity contribution >= 4 is 23.5 Å². The van der Waals surface area contributed by atoms with Gasteiger partial charge >= 0.3 is 5.97 Å². The van der Waals surface area contributed by atoms with Gasteiger partial charge < -0.3 is 5.11 Å². The van der Waals surface area contributed by atoms with E-state index in [9.17, 15) is 14.4 Å². The average molecular weight is 259 g/mol. The zero-order chi connectivity index (χ0) is 13.9. The minimum atomic E-state index is -1.03. The monoisotopic (exact) mass is 259 g/mol. The Kier molecular flexibility index (Phi) is 2.15. The topological polar surface area (TPSA) is 74.7 Å². The highest BCUT2D eigenvalue weighted by Gasteiger charge is 2.72. The summed E-state index contributed by atoms with van der Waals surface area (Å²) < 4.78 is 0. The SMILES string of the molecule is CC1(C)[C@@H]2C(=O)N(c3ccc(C(=O)O)cc3)C(=O)[C@@H]21. The van der Waals surface area contributed by atoms with E-state index in [1.165, 1.54) is 29.2 Å². The van der Waals surface area contributed by atoms with Crippen molar-refractivity contribution in [1.82, 2.24) is 0 Å². The van der Waals surface area contributed by atoms with Crippen LogP contribution in [0.2, 0.25) is 0 Å². The molecule has 1 aliphatic carbocycles. The van der Waals surface area contributed by atoms with Crippen molar-refractivity contribution in [2.24, 2.45) is 17.3 Å². The third-order valence-electron chi connectivity index (χ3n) is 4.17. The number of nitrogens with zero attached hydrogens (tertiary/aromatic N) is 1. The standard InChI is InChI=1S/C14H13NO4/c1-14(2)9-10(14)12(17)15(11(9)16)8-5-3-7(4-6-8)13(18)19/h3-6,9-10H,1-2H3,(H,18,19)/t9-,10+. The van der Waals surface area contributed by atoms with Crippen LogP contribution in [0.4, 0.5) is 5.69 Å². The summed E-state index contributed by atoms with van der Waals surface area (Å²) in [5, 5.41) is 8.82. The van der Waals surface area contributed by atoms with Crippen LogP contribution in [0.1, 0.15) is 24.2 Å². The number of carboxylic acids is 1. The Morgan fingerprint density at radius 2 is 1.58 bits per heavy atom. The molecule has 0 spiro atoms. The fourth-order valence-electron chi connectivity index (χ4n) is 2.95. The third kappa shape index (κ3) is 1.44. The van der Waals surface area contributed by atoms with E-state index in [-0.39, 0.29) is 34.6 Å². The summed E-state index contributed by atoms with van der Waals surface area (Å²) in [7, 11) is 0. The van der Waals surface area contributed by atoms with Crippen LogP contribution in [0.25, 0.3) is 0 Å². The highest BCUT2D eigenvalue weighted by atomic mass is 16.4. The van der Waals surface area contributed by atoms with Crippen molar-refractivity contribution in [3.05, 3.63) is 29.8 Å². The molecular formula is C14H13NO4. The summed E-state index contributed by atoms with van der Waals surface area (Å²) in [6.07, 6.45) is 0. The van der Waals surface area contributed by atoms with Crippen LogP contribution in [0, 0.1) is 17.3 Å². The Hall–Kier alpha value is -2.17. The Morgan fingerprint density at radius 1 is 1.11 bits per heavy atom. The molecule has 1 N–H and O–H groups in total. The number of carbonyl (C=O) groups is 3. The summed E-state index contributed by atoms with van der Waals surface area (Å²) in [6.45, 7) is 3.84. The second-order valence-electron chi connectivity index (χ2n) is 5.64. The van der Waals surface area contributed by atoms with E-state index in [4.69, 9.17) is 5.11 Å². The Bertz CT molecular complexity index is 578. The highest BCUT2D eigenvalue weighted by Crippen LogP contribution is 2.63. The maximum absolute atomic E-state index is 12.2. The first-order valence-corrected chi connectivity index (χ1v) is 6.07. The fourth-order valence-corrected chi connectivity index (χ4v) is 2.95. The van der Waals surface area contributed by atoms with Gasteiger partial charge in [-0.2, -0.15) is 0 Å². The number of imide groups is 1. The van der Waals surface area contributed by atoms with Crippen LogP contribution in [0.15, 0.2) is 24.3 Å².